The lowest BCUT2D eigenvalue weighted by Gasteiger charge is -2.13. The fourth-order valence-electron chi connectivity index (χ4n) is 2.23. The second-order valence-corrected chi connectivity index (χ2v) is 4.99. The summed E-state index contributed by atoms with van der Waals surface area (Å²) in [6.45, 7) is 3.62. The summed E-state index contributed by atoms with van der Waals surface area (Å²) in [7, 11) is 0. The minimum atomic E-state index is 0.297. The Morgan fingerprint density at radius 1 is 1.19 bits per heavy atom. The van der Waals surface area contributed by atoms with Gasteiger partial charge in [-0.1, -0.05) is 30.3 Å². The van der Waals surface area contributed by atoms with Crippen molar-refractivity contribution in [1.82, 2.24) is 30.5 Å². The first-order chi connectivity index (χ1) is 10.3. The van der Waals surface area contributed by atoms with Crippen molar-refractivity contribution in [3.63, 3.8) is 0 Å². The SMILES string of the molecule is CC(Cn1cccn1)NCc1n[nH]nc1-c1ccccc1. The van der Waals surface area contributed by atoms with Gasteiger partial charge in [0.2, 0.25) is 0 Å². The van der Waals surface area contributed by atoms with Gasteiger partial charge in [0, 0.05) is 30.5 Å². The van der Waals surface area contributed by atoms with Crippen molar-refractivity contribution in [1.29, 1.82) is 0 Å². The molecule has 21 heavy (non-hydrogen) atoms. The van der Waals surface area contributed by atoms with Crippen LogP contribution in [0.2, 0.25) is 0 Å². The van der Waals surface area contributed by atoms with Gasteiger partial charge in [-0.2, -0.15) is 20.5 Å². The van der Waals surface area contributed by atoms with Crippen LogP contribution in [0.5, 0.6) is 0 Å². The number of hydrogen-bond donors (Lipinski definition) is 2. The van der Waals surface area contributed by atoms with Crippen molar-refractivity contribution in [2.75, 3.05) is 0 Å². The maximum absolute atomic E-state index is 4.25. The molecule has 0 saturated carbocycles. The van der Waals surface area contributed by atoms with E-state index >= 15 is 0 Å². The standard InChI is InChI=1S/C15H18N6/c1-12(11-21-9-5-8-17-21)16-10-14-15(19-20-18-14)13-6-3-2-4-7-13/h2-9,12,16H,10-11H2,1H3,(H,18,19,20). The third-order valence-electron chi connectivity index (χ3n) is 3.31. The van der Waals surface area contributed by atoms with Crippen LogP contribution in [0.3, 0.4) is 0 Å². The number of benzene rings is 1. The fourth-order valence-corrected chi connectivity index (χ4v) is 2.23. The summed E-state index contributed by atoms with van der Waals surface area (Å²) >= 11 is 0. The highest BCUT2D eigenvalue weighted by Gasteiger charge is 2.11. The molecule has 1 atom stereocenters. The first kappa shape index (κ1) is 13.5. The van der Waals surface area contributed by atoms with Crippen LogP contribution in [-0.2, 0) is 13.1 Å². The Morgan fingerprint density at radius 2 is 2.05 bits per heavy atom. The minimum absolute atomic E-state index is 0.297. The molecule has 3 aromatic rings. The van der Waals surface area contributed by atoms with Gasteiger partial charge in [0.05, 0.1) is 6.54 Å². The predicted octanol–water partition coefficient (Wildman–Crippen LogP) is 1.85. The summed E-state index contributed by atoms with van der Waals surface area (Å²) in [5, 5.41) is 18.9. The molecule has 6 heteroatoms. The van der Waals surface area contributed by atoms with Crippen molar-refractivity contribution in [3.05, 3.63) is 54.5 Å². The topological polar surface area (TPSA) is 71.4 Å². The Labute approximate surface area is 123 Å². The van der Waals surface area contributed by atoms with Crippen molar-refractivity contribution in [3.8, 4) is 11.3 Å². The monoisotopic (exact) mass is 282 g/mol. The predicted molar refractivity (Wildman–Crippen MR) is 80.3 cm³/mol. The maximum atomic E-state index is 4.25. The van der Waals surface area contributed by atoms with Crippen LogP contribution in [0.4, 0.5) is 0 Å². The molecule has 1 unspecified atom stereocenters. The zero-order valence-corrected chi connectivity index (χ0v) is 11.9. The Hall–Kier alpha value is -2.47. The molecule has 6 nitrogen and oxygen atoms in total. The van der Waals surface area contributed by atoms with Crippen molar-refractivity contribution >= 4 is 0 Å². The molecule has 2 N–H and O–H groups in total. The maximum Gasteiger partial charge on any atom is 0.117 e. The minimum Gasteiger partial charge on any atom is -0.307 e. The first-order valence-electron chi connectivity index (χ1n) is 6.99. The average molecular weight is 282 g/mol. The number of nitrogens with zero attached hydrogens (tertiary/aromatic N) is 4. The molecule has 0 spiro atoms. The number of aromatic nitrogens is 5. The molecular formula is C15H18N6. The molecule has 2 heterocycles. The van der Waals surface area contributed by atoms with E-state index in [0.717, 1.165) is 23.5 Å². The Balaban J connectivity index is 1.62. The molecule has 3 rings (SSSR count). The molecule has 0 amide bonds. The molecular weight excluding hydrogens is 264 g/mol. The van der Waals surface area contributed by atoms with E-state index in [4.69, 9.17) is 0 Å². The molecule has 0 fully saturated rings. The number of rotatable bonds is 6. The summed E-state index contributed by atoms with van der Waals surface area (Å²) in [6, 6.07) is 12.3. The van der Waals surface area contributed by atoms with Gasteiger partial charge in [0.25, 0.3) is 0 Å². The number of hydrogen-bond acceptors (Lipinski definition) is 4. The van der Waals surface area contributed by atoms with E-state index in [-0.39, 0.29) is 0 Å². The molecule has 0 aliphatic rings. The highest BCUT2D eigenvalue weighted by atomic mass is 15.3. The molecule has 0 bridgehead atoms. The third kappa shape index (κ3) is 3.35. The van der Waals surface area contributed by atoms with Crippen LogP contribution < -0.4 is 5.32 Å². The normalized spacial score (nSPS) is 12.4. The summed E-state index contributed by atoms with van der Waals surface area (Å²) in [5.41, 5.74) is 2.89. The number of aromatic amines is 1. The lowest BCUT2D eigenvalue weighted by Crippen LogP contribution is -2.30. The van der Waals surface area contributed by atoms with Gasteiger partial charge in [-0.25, -0.2) is 0 Å². The highest BCUT2D eigenvalue weighted by molar-refractivity contribution is 5.60. The van der Waals surface area contributed by atoms with Crippen LogP contribution in [0.25, 0.3) is 11.3 Å². The van der Waals surface area contributed by atoms with E-state index in [1.807, 2.05) is 47.3 Å². The van der Waals surface area contributed by atoms with Gasteiger partial charge in [0.15, 0.2) is 0 Å². The summed E-state index contributed by atoms with van der Waals surface area (Å²) in [5.74, 6) is 0. The smallest absolute Gasteiger partial charge is 0.117 e. The van der Waals surface area contributed by atoms with Gasteiger partial charge < -0.3 is 5.32 Å². The largest absolute Gasteiger partial charge is 0.307 e. The molecule has 0 saturated heterocycles. The van der Waals surface area contributed by atoms with E-state index in [2.05, 4.69) is 32.7 Å². The van der Waals surface area contributed by atoms with E-state index in [9.17, 15) is 0 Å². The number of H-pyrrole nitrogens is 1. The van der Waals surface area contributed by atoms with Gasteiger partial charge in [-0.15, -0.1) is 0 Å². The highest BCUT2D eigenvalue weighted by Crippen LogP contribution is 2.18. The second kappa shape index (κ2) is 6.32. The van der Waals surface area contributed by atoms with Crippen LogP contribution in [0.1, 0.15) is 12.6 Å². The van der Waals surface area contributed by atoms with E-state index in [1.54, 1.807) is 6.20 Å². The molecule has 0 aliphatic carbocycles. The van der Waals surface area contributed by atoms with Crippen LogP contribution in [-0.4, -0.2) is 31.2 Å². The first-order valence-corrected chi connectivity index (χ1v) is 6.99. The number of nitrogens with one attached hydrogen (secondary N) is 2. The lowest BCUT2D eigenvalue weighted by molar-refractivity contribution is 0.448. The summed E-state index contributed by atoms with van der Waals surface area (Å²) in [6.07, 6.45) is 3.75. The second-order valence-electron chi connectivity index (χ2n) is 4.99. The molecule has 0 aliphatic heterocycles. The molecule has 108 valence electrons. The van der Waals surface area contributed by atoms with Crippen molar-refractivity contribution in [2.24, 2.45) is 0 Å². The van der Waals surface area contributed by atoms with Gasteiger partial charge in [-0.05, 0) is 13.0 Å². The Bertz CT molecular complexity index is 659. The van der Waals surface area contributed by atoms with E-state index in [0.29, 0.717) is 12.6 Å². The van der Waals surface area contributed by atoms with Gasteiger partial charge >= 0.3 is 0 Å². The third-order valence-corrected chi connectivity index (χ3v) is 3.31. The Morgan fingerprint density at radius 3 is 2.81 bits per heavy atom. The summed E-state index contributed by atoms with van der Waals surface area (Å²) in [4.78, 5) is 0. The Kier molecular flexibility index (Phi) is 4.07. The molecule has 1 aromatic carbocycles. The van der Waals surface area contributed by atoms with Crippen LogP contribution in [0, 0.1) is 0 Å². The summed E-state index contributed by atoms with van der Waals surface area (Å²) < 4.78 is 1.92. The zero-order valence-electron chi connectivity index (χ0n) is 11.9. The fraction of sp³-hybridized carbons (Fsp3) is 0.267. The molecule has 2 aromatic heterocycles. The van der Waals surface area contributed by atoms with E-state index in [1.165, 1.54) is 0 Å². The lowest BCUT2D eigenvalue weighted by atomic mass is 10.1. The van der Waals surface area contributed by atoms with Crippen molar-refractivity contribution < 1.29 is 0 Å². The van der Waals surface area contributed by atoms with Crippen LogP contribution >= 0.6 is 0 Å². The zero-order chi connectivity index (χ0) is 14.5. The molecule has 0 radical (unpaired) electrons. The van der Waals surface area contributed by atoms with E-state index < -0.39 is 0 Å². The van der Waals surface area contributed by atoms with Gasteiger partial charge in [0.1, 0.15) is 11.4 Å². The van der Waals surface area contributed by atoms with Gasteiger partial charge in [-0.3, -0.25) is 4.68 Å². The van der Waals surface area contributed by atoms with Crippen LogP contribution in [0.15, 0.2) is 48.8 Å². The average Bonchev–Trinajstić information content (AvgIpc) is 3.17. The van der Waals surface area contributed by atoms with Crippen molar-refractivity contribution in [2.45, 2.75) is 26.1 Å². The quantitative estimate of drug-likeness (QED) is 0.724.